The Labute approximate surface area is 56.1 Å². The van der Waals surface area contributed by atoms with E-state index in [1.807, 2.05) is 0 Å². The number of alkyl halides is 1. The van der Waals surface area contributed by atoms with Crippen LogP contribution >= 0.6 is 11.6 Å². The average Bonchev–Trinajstić information content (AvgIpc) is 1.87. The summed E-state index contributed by atoms with van der Waals surface area (Å²) in [4.78, 5) is 20.2. The van der Waals surface area contributed by atoms with Gasteiger partial charge in [0.1, 0.15) is 5.88 Å². The Morgan fingerprint density at radius 1 is 1.67 bits per heavy atom. The molecule has 0 aromatic carbocycles. The summed E-state index contributed by atoms with van der Waals surface area (Å²) in [5.41, 5.74) is 1.59. The first kappa shape index (κ1) is 8.19. The number of hydrazine groups is 1. The van der Waals surface area contributed by atoms with Crippen molar-refractivity contribution in [2.75, 3.05) is 5.88 Å². The molecular formula is C3H5ClN2O3. The summed E-state index contributed by atoms with van der Waals surface area (Å²) in [5.74, 6) is 3.35. The number of carbonyl (C=O) groups excluding carboxylic acids is 2. The lowest BCUT2D eigenvalue weighted by atomic mass is 10.8. The van der Waals surface area contributed by atoms with Gasteiger partial charge in [-0.15, -0.1) is 11.6 Å². The second-order valence-electron chi connectivity index (χ2n) is 1.04. The van der Waals surface area contributed by atoms with Crippen molar-refractivity contribution in [2.45, 2.75) is 0 Å². The normalized spacial score (nSPS) is 8.22. The molecule has 0 saturated carbocycles. The minimum atomic E-state index is -1.01. The Bertz CT molecular complexity index is 112. The number of ether oxygens (including phenoxy) is 1. The Morgan fingerprint density at radius 3 is 2.56 bits per heavy atom. The number of hydrogen-bond donors (Lipinski definition) is 2. The molecule has 0 rings (SSSR count). The molecule has 0 unspecified atom stereocenters. The highest BCUT2D eigenvalue weighted by Crippen LogP contribution is 1.81. The number of rotatable bonds is 1. The van der Waals surface area contributed by atoms with Crippen LogP contribution in [0.3, 0.4) is 0 Å². The van der Waals surface area contributed by atoms with Gasteiger partial charge < -0.3 is 4.74 Å². The molecule has 52 valence electrons. The first-order valence-corrected chi connectivity index (χ1v) is 2.51. The Morgan fingerprint density at radius 2 is 2.22 bits per heavy atom. The molecule has 0 saturated heterocycles. The predicted molar refractivity (Wildman–Crippen MR) is 29.5 cm³/mol. The largest absolute Gasteiger partial charge is 0.429 e. The van der Waals surface area contributed by atoms with Crippen LogP contribution in [0.2, 0.25) is 0 Å². The number of halogens is 1. The lowest BCUT2D eigenvalue weighted by molar-refractivity contribution is -0.134. The van der Waals surface area contributed by atoms with Crippen LogP contribution in [0.15, 0.2) is 0 Å². The van der Waals surface area contributed by atoms with Crippen LogP contribution in [0.5, 0.6) is 0 Å². The molecule has 0 radical (unpaired) electrons. The number of amides is 1. The van der Waals surface area contributed by atoms with E-state index < -0.39 is 12.1 Å². The Kier molecular flexibility index (Phi) is 3.74. The van der Waals surface area contributed by atoms with Gasteiger partial charge >= 0.3 is 12.1 Å². The quantitative estimate of drug-likeness (QED) is 0.131. The van der Waals surface area contributed by atoms with Gasteiger partial charge in [0.05, 0.1) is 0 Å². The fourth-order valence-electron chi connectivity index (χ4n) is 0.160. The van der Waals surface area contributed by atoms with Gasteiger partial charge in [0.2, 0.25) is 0 Å². The van der Waals surface area contributed by atoms with Gasteiger partial charge in [-0.3, -0.25) is 10.2 Å². The van der Waals surface area contributed by atoms with Gasteiger partial charge in [-0.05, 0) is 0 Å². The molecule has 9 heavy (non-hydrogen) atoms. The third-order valence-electron chi connectivity index (χ3n) is 0.433. The SMILES string of the molecule is NNC(=O)OC(=O)CCl. The predicted octanol–water partition coefficient (Wildman–Crippen LogP) is -0.648. The zero-order valence-electron chi connectivity index (χ0n) is 4.39. The molecule has 0 aromatic rings. The first-order chi connectivity index (χ1) is 4.20. The lowest BCUT2D eigenvalue weighted by Gasteiger charge is -1.95. The van der Waals surface area contributed by atoms with E-state index in [-0.39, 0.29) is 5.88 Å². The summed E-state index contributed by atoms with van der Waals surface area (Å²) >= 11 is 4.96. The van der Waals surface area contributed by atoms with Gasteiger partial charge in [-0.2, -0.15) is 0 Å². The molecule has 0 bridgehead atoms. The standard InChI is InChI=1S/C3H5ClN2O3/c4-1-2(7)9-3(8)6-5/h1,5H2,(H,6,8). The summed E-state index contributed by atoms with van der Waals surface area (Å²) in [5, 5.41) is 0. The molecule has 6 heteroatoms. The fraction of sp³-hybridized carbons (Fsp3) is 0.333. The van der Waals surface area contributed by atoms with Gasteiger partial charge in [0.15, 0.2) is 0 Å². The summed E-state index contributed by atoms with van der Waals surface area (Å²) in [6, 6.07) is 0. The van der Waals surface area contributed by atoms with Crippen molar-refractivity contribution in [3.63, 3.8) is 0 Å². The molecule has 0 heterocycles. The number of carbonyl (C=O) groups is 2. The molecule has 3 N–H and O–H groups in total. The van der Waals surface area contributed by atoms with E-state index in [4.69, 9.17) is 11.6 Å². The smallest absolute Gasteiger partial charge is 0.374 e. The van der Waals surface area contributed by atoms with E-state index in [0.29, 0.717) is 0 Å². The molecule has 0 aromatic heterocycles. The van der Waals surface area contributed by atoms with Crippen molar-refractivity contribution in [3.8, 4) is 0 Å². The van der Waals surface area contributed by atoms with Crippen LogP contribution < -0.4 is 11.3 Å². The molecule has 1 amide bonds. The van der Waals surface area contributed by atoms with Crippen molar-refractivity contribution in [3.05, 3.63) is 0 Å². The van der Waals surface area contributed by atoms with Crippen LogP contribution in [0.4, 0.5) is 4.79 Å². The van der Waals surface area contributed by atoms with E-state index in [2.05, 4.69) is 10.6 Å². The lowest BCUT2D eigenvalue weighted by Crippen LogP contribution is -2.32. The molecular weight excluding hydrogens is 147 g/mol. The highest BCUT2D eigenvalue weighted by molar-refractivity contribution is 6.26. The van der Waals surface area contributed by atoms with E-state index in [1.165, 1.54) is 0 Å². The Balaban J connectivity index is 3.47. The fourth-order valence-corrected chi connectivity index (χ4v) is 0.215. The number of hydrogen-bond acceptors (Lipinski definition) is 4. The van der Waals surface area contributed by atoms with E-state index in [0.717, 1.165) is 0 Å². The maximum absolute atomic E-state index is 10.1. The van der Waals surface area contributed by atoms with Gasteiger partial charge in [0.25, 0.3) is 0 Å². The highest BCUT2D eigenvalue weighted by atomic mass is 35.5. The van der Waals surface area contributed by atoms with Crippen LogP contribution in [0.1, 0.15) is 0 Å². The number of nitrogens with two attached hydrogens (primary N) is 1. The summed E-state index contributed by atoms with van der Waals surface area (Å²) in [6.07, 6.45) is -1.01. The molecule has 0 spiro atoms. The maximum atomic E-state index is 10.1. The van der Waals surface area contributed by atoms with Crippen molar-refractivity contribution in [2.24, 2.45) is 5.84 Å². The van der Waals surface area contributed by atoms with Crippen molar-refractivity contribution in [1.29, 1.82) is 0 Å². The molecule has 0 fully saturated rings. The first-order valence-electron chi connectivity index (χ1n) is 1.98. The molecule has 0 aliphatic heterocycles. The third kappa shape index (κ3) is 3.75. The van der Waals surface area contributed by atoms with E-state index in [9.17, 15) is 9.59 Å². The van der Waals surface area contributed by atoms with Gasteiger partial charge in [0, 0.05) is 0 Å². The minimum absolute atomic E-state index is 0.368. The monoisotopic (exact) mass is 152 g/mol. The second kappa shape index (κ2) is 4.11. The third-order valence-corrected chi connectivity index (χ3v) is 0.652. The molecule has 0 atom stereocenters. The van der Waals surface area contributed by atoms with Crippen LogP contribution in [0, 0.1) is 0 Å². The summed E-state index contributed by atoms with van der Waals surface area (Å²) in [6.45, 7) is 0. The van der Waals surface area contributed by atoms with Crippen molar-refractivity contribution in [1.82, 2.24) is 5.43 Å². The molecule has 5 nitrogen and oxygen atoms in total. The minimum Gasteiger partial charge on any atom is -0.374 e. The van der Waals surface area contributed by atoms with Gasteiger partial charge in [-0.1, -0.05) is 0 Å². The summed E-state index contributed by atoms with van der Waals surface area (Å²) < 4.78 is 3.90. The van der Waals surface area contributed by atoms with E-state index in [1.54, 1.807) is 5.43 Å². The molecule has 0 aliphatic carbocycles. The zero-order valence-corrected chi connectivity index (χ0v) is 5.14. The van der Waals surface area contributed by atoms with Crippen LogP contribution in [-0.2, 0) is 9.53 Å². The zero-order chi connectivity index (χ0) is 7.28. The summed E-state index contributed by atoms with van der Waals surface area (Å²) in [7, 11) is 0. The van der Waals surface area contributed by atoms with Crippen LogP contribution in [-0.4, -0.2) is 17.9 Å². The average molecular weight is 153 g/mol. The number of esters is 1. The molecule has 0 aliphatic rings. The Hall–Kier alpha value is -0.810. The van der Waals surface area contributed by atoms with E-state index >= 15 is 0 Å². The second-order valence-corrected chi connectivity index (χ2v) is 1.31. The van der Waals surface area contributed by atoms with Crippen LogP contribution in [0.25, 0.3) is 0 Å². The van der Waals surface area contributed by atoms with Crippen molar-refractivity contribution < 1.29 is 14.3 Å². The van der Waals surface area contributed by atoms with Gasteiger partial charge in [-0.25, -0.2) is 10.6 Å². The highest BCUT2D eigenvalue weighted by Gasteiger charge is 2.04. The topological polar surface area (TPSA) is 81.4 Å². The number of nitrogens with one attached hydrogen (secondary N) is 1. The maximum Gasteiger partial charge on any atom is 0.429 e. The van der Waals surface area contributed by atoms with Crippen molar-refractivity contribution >= 4 is 23.7 Å².